The van der Waals surface area contributed by atoms with Crippen molar-refractivity contribution >= 4 is 45.4 Å². The molecule has 0 aliphatic carbocycles. The van der Waals surface area contributed by atoms with E-state index >= 15 is 0 Å². The number of rotatable bonds is 3. The molecular weight excluding hydrogens is 320 g/mol. The number of morpholine rings is 1. The Morgan fingerprint density at radius 2 is 2.28 bits per heavy atom. The van der Waals surface area contributed by atoms with Crippen LogP contribution in [0.25, 0.3) is 0 Å². The van der Waals surface area contributed by atoms with Crippen molar-refractivity contribution < 1.29 is 9.15 Å². The highest BCUT2D eigenvalue weighted by atomic mass is 79.9. The largest absolute Gasteiger partial charge is 0.438 e. The van der Waals surface area contributed by atoms with Gasteiger partial charge in [-0.1, -0.05) is 0 Å². The lowest BCUT2D eigenvalue weighted by atomic mass is 10.4. The number of halogens is 1. The average Bonchev–Trinajstić information content (AvgIpc) is 2.71. The molecule has 1 fully saturated rings. The van der Waals surface area contributed by atoms with Crippen molar-refractivity contribution in [1.82, 2.24) is 5.43 Å². The highest BCUT2D eigenvalue weighted by molar-refractivity contribution is 9.10. The molecule has 1 aromatic heterocycles. The van der Waals surface area contributed by atoms with Crippen LogP contribution in [-0.2, 0) is 4.74 Å². The summed E-state index contributed by atoms with van der Waals surface area (Å²) in [6.07, 6.45) is 1.52. The van der Waals surface area contributed by atoms with Crippen LogP contribution in [0.2, 0.25) is 0 Å². The van der Waals surface area contributed by atoms with Gasteiger partial charge >= 0.3 is 0 Å². The number of hydrogen-bond donors (Lipinski definition) is 2. The molecule has 98 valence electrons. The van der Waals surface area contributed by atoms with Gasteiger partial charge in [0.05, 0.1) is 23.9 Å². The maximum atomic E-state index is 5.69. The van der Waals surface area contributed by atoms with Gasteiger partial charge in [-0.3, -0.25) is 5.43 Å². The van der Waals surface area contributed by atoms with E-state index in [0.717, 1.165) is 23.4 Å². The molecule has 3 N–H and O–H groups in total. The predicted molar refractivity (Wildman–Crippen MR) is 77.0 cm³/mol. The molecule has 18 heavy (non-hydrogen) atoms. The molecule has 2 heterocycles. The molecule has 0 unspecified atom stereocenters. The van der Waals surface area contributed by atoms with Crippen molar-refractivity contribution in [2.24, 2.45) is 10.8 Å². The molecule has 0 amide bonds. The molecule has 1 saturated heterocycles. The Labute approximate surface area is 118 Å². The Kier molecular flexibility index (Phi) is 4.56. The Balaban J connectivity index is 2.06. The second-order valence-corrected chi connectivity index (χ2v) is 4.93. The van der Waals surface area contributed by atoms with Crippen molar-refractivity contribution in [2.45, 2.75) is 0 Å². The summed E-state index contributed by atoms with van der Waals surface area (Å²) < 4.78 is 11.9. The molecule has 0 spiro atoms. The van der Waals surface area contributed by atoms with Crippen LogP contribution in [-0.4, -0.2) is 37.6 Å². The second-order valence-electron chi connectivity index (χ2n) is 3.64. The maximum absolute atomic E-state index is 5.69. The van der Waals surface area contributed by atoms with Crippen molar-refractivity contribution in [3.05, 3.63) is 16.3 Å². The number of nitrogens with two attached hydrogens (primary N) is 1. The number of furan rings is 1. The highest BCUT2D eigenvalue weighted by Crippen LogP contribution is 2.30. The van der Waals surface area contributed by atoms with Crippen LogP contribution in [0, 0.1) is 0 Å². The van der Waals surface area contributed by atoms with E-state index in [2.05, 4.69) is 43.6 Å². The molecule has 0 aromatic carbocycles. The second kappa shape index (κ2) is 6.17. The predicted octanol–water partition coefficient (Wildman–Crippen LogP) is 1.05. The minimum absolute atomic E-state index is 0.116. The minimum atomic E-state index is 0.116. The Morgan fingerprint density at radius 3 is 2.94 bits per heavy atom. The van der Waals surface area contributed by atoms with Crippen LogP contribution in [0.4, 0.5) is 5.88 Å². The van der Waals surface area contributed by atoms with E-state index in [9.17, 15) is 0 Å². The van der Waals surface area contributed by atoms with E-state index in [1.54, 1.807) is 0 Å². The lowest BCUT2D eigenvalue weighted by Gasteiger charge is -2.26. The summed E-state index contributed by atoms with van der Waals surface area (Å²) in [5.41, 5.74) is 7.73. The van der Waals surface area contributed by atoms with E-state index in [1.807, 2.05) is 6.07 Å². The van der Waals surface area contributed by atoms with Crippen LogP contribution >= 0.6 is 28.1 Å². The van der Waals surface area contributed by atoms with Gasteiger partial charge in [-0.15, -0.1) is 0 Å². The molecule has 0 saturated carbocycles. The van der Waals surface area contributed by atoms with Crippen molar-refractivity contribution in [1.29, 1.82) is 0 Å². The van der Waals surface area contributed by atoms with Crippen LogP contribution in [0.5, 0.6) is 0 Å². The van der Waals surface area contributed by atoms with Crippen LogP contribution in [0.1, 0.15) is 5.76 Å². The average molecular weight is 333 g/mol. The van der Waals surface area contributed by atoms with E-state index < -0.39 is 0 Å². The van der Waals surface area contributed by atoms with E-state index in [-0.39, 0.29) is 5.11 Å². The monoisotopic (exact) mass is 332 g/mol. The summed E-state index contributed by atoms with van der Waals surface area (Å²) in [6, 6.07) is 1.84. The number of anilines is 1. The third-order valence-electron chi connectivity index (χ3n) is 2.35. The fourth-order valence-corrected chi connectivity index (χ4v) is 2.19. The zero-order chi connectivity index (χ0) is 13.0. The van der Waals surface area contributed by atoms with Gasteiger partial charge in [-0.25, -0.2) is 0 Å². The number of thiocarbonyl (C=S) groups is 1. The molecule has 1 aliphatic heterocycles. The standard InChI is InChI=1S/C10H13BrN4O2S/c11-8-5-7(6-13-14-10(12)18)17-9(8)15-1-3-16-4-2-15/h5-6H,1-4H2,(H3,12,14,18)/b13-6+. The lowest BCUT2D eigenvalue weighted by Crippen LogP contribution is -2.36. The van der Waals surface area contributed by atoms with Crippen molar-refractivity contribution in [3.8, 4) is 0 Å². The zero-order valence-corrected chi connectivity index (χ0v) is 12.0. The number of hydrogen-bond acceptors (Lipinski definition) is 5. The van der Waals surface area contributed by atoms with E-state index in [4.69, 9.17) is 14.9 Å². The molecule has 1 aliphatic rings. The zero-order valence-electron chi connectivity index (χ0n) is 9.56. The SMILES string of the molecule is NC(=S)N/N=C/c1cc(Br)c(N2CCOCC2)o1. The fourth-order valence-electron chi connectivity index (χ4n) is 1.58. The number of nitrogens with zero attached hydrogens (tertiary/aromatic N) is 2. The van der Waals surface area contributed by atoms with Crippen molar-refractivity contribution in [3.63, 3.8) is 0 Å². The Morgan fingerprint density at radius 1 is 1.56 bits per heavy atom. The topological polar surface area (TPSA) is 76.0 Å². The first-order valence-electron chi connectivity index (χ1n) is 5.37. The van der Waals surface area contributed by atoms with Gasteiger partial charge in [-0.2, -0.15) is 5.10 Å². The Hall–Kier alpha value is -1.12. The number of nitrogens with one attached hydrogen (secondary N) is 1. The van der Waals surface area contributed by atoms with Crippen LogP contribution in [0.15, 0.2) is 20.1 Å². The van der Waals surface area contributed by atoms with Gasteiger partial charge in [0.1, 0.15) is 0 Å². The smallest absolute Gasteiger partial charge is 0.210 e. The van der Waals surface area contributed by atoms with Gasteiger partial charge in [0.15, 0.2) is 10.9 Å². The van der Waals surface area contributed by atoms with Crippen LogP contribution < -0.4 is 16.1 Å². The number of ether oxygens (including phenoxy) is 1. The first-order chi connectivity index (χ1) is 8.66. The lowest BCUT2D eigenvalue weighted by molar-refractivity contribution is 0.120. The normalized spacial score (nSPS) is 16.2. The summed E-state index contributed by atoms with van der Waals surface area (Å²) in [5.74, 6) is 1.40. The van der Waals surface area contributed by atoms with Gasteiger partial charge in [0, 0.05) is 19.2 Å². The van der Waals surface area contributed by atoms with Crippen LogP contribution in [0.3, 0.4) is 0 Å². The van der Waals surface area contributed by atoms with E-state index in [0.29, 0.717) is 19.0 Å². The van der Waals surface area contributed by atoms with Crippen molar-refractivity contribution in [2.75, 3.05) is 31.2 Å². The molecular formula is C10H13BrN4O2S. The summed E-state index contributed by atoms with van der Waals surface area (Å²) in [7, 11) is 0. The molecule has 8 heteroatoms. The molecule has 6 nitrogen and oxygen atoms in total. The molecule has 0 bridgehead atoms. The maximum Gasteiger partial charge on any atom is 0.210 e. The molecule has 0 radical (unpaired) electrons. The molecule has 0 atom stereocenters. The Bertz CT molecular complexity index is 457. The first kappa shape index (κ1) is 13.3. The highest BCUT2D eigenvalue weighted by Gasteiger charge is 2.18. The van der Waals surface area contributed by atoms with Gasteiger partial charge in [0.25, 0.3) is 0 Å². The third kappa shape index (κ3) is 3.44. The first-order valence-corrected chi connectivity index (χ1v) is 6.57. The van der Waals surface area contributed by atoms with E-state index in [1.165, 1.54) is 6.21 Å². The molecule has 2 rings (SSSR count). The van der Waals surface area contributed by atoms with Gasteiger partial charge < -0.3 is 19.8 Å². The summed E-state index contributed by atoms with van der Waals surface area (Å²) >= 11 is 8.10. The van der Waals surface area contributed by atoms with Gasteiger partial charge in [-0.05, 0) is 28.1 Å². The summed E-state index contributed by atoms with van der Waals surface area (Å²) in [4.78, 5) is 2.12. The summed E-state index contributed by atoms with van der Waals surface area (Å²) in [6.45, 7) is 3.04. The minimum Gasteiger partial charge on any atom is -0.438 e. The number of hydrazone groups is 1. The van der Waals surface area contributed by atoms with Gasteiger partial charge in [0.2, 0.25) is 5.88 Å². The fraction of sp³-hybridized carbons (Fsp3) is 0.400. The third-order valence-corrected chi connectivity index (χ3v) is 3.01. The summed E-state index contributed by atoms with van der Waals surface area (Å²) in [5, 5.41) is 3.96. The molecule has 1 aromatic rings. The quantitative estimate of drug-likeness (QED) is 0.489.